The molecule has 0 amide bonds. The Balaban J connectivity index is 1.59. The van der Waals surface area contributed by atoms with Crippen molar-refractivity contribution in [2.45, 2.75) is 78.0 Å². The van der Waals surface area contributed by atoms with Crippen LogP contribution in [0.1, 0.15) is 59.8 Å². The SMILES string of the molecule is CC1CCC(Cn2c(N3C[C@@](C)(O)C[C@H]3C(C)C)nc3cc(-c4noc(=O)[nH]4)nc(-c4cncc(Cl)c4)c32)CC1. The van der Waals surface area contributed by atoms with Gasteiger partial charge in [0.1, 0.15) is 5.69 Å². The van der Waals surface area contributed by atoms with Crippen molar-refractivity contribution in [2.24, 2.45) is 17.8 Å². The van der Waals surface area contributed by atoms with E-state index < -0.39 is 11.4 Å². The fourth-order valence-corrected chi connectivity index (χ4v) is 6.61. The predicted molar refractivity (Wildman–Crippen MR) is 154 cm³/mol. The van der Waals surface area contributed by atoms with Gasteiger partial charge in [0.2, 0.25) is 11.8 Å². The van der Waals surface area contributed by atoms with Crippen molar-refractivity contribution in [1.82, 2.24) is 29.7 Å². The molecule has 2 aliphatic rings. The number of hydrogen-bond donors (Lipinski definition) is 2. The van der Waals surface area contributed by atoms with Crippen molar-refractivity contribution in [3.05, 3.63) is 40.1 Å². The summed E-state index contributed by atoms with van der Waals surface area (Å²) in [5.74, 6) is 1.97. The Hall–Kier alpha value is -3.24. The van der Waals surface area contributed by atoms with Gasteiger partial charge in [-0.05, 0) is 56.1 Å². The first-order chi connectivity index (χ1) is 19.1. The maximum absolute atomic E-state index is 11.8. The van der Waals surface area contributed by atoms with Crippen LogP contribution in [0.15, 0.2) is 33.8 Å². The molecule has 0 aromatic carbocycles. The summed E-state index contributed by atoms with van der Waals surface area (Å²) in [6, 6.07) is 3.81. The summed E-state index contributed by atoms with van der Waals surface area (Å²) in [5, 5.41) is 15.5. The lowest BCUT2D eigenvalue weighted by Gasteiger charge is -2.31. The van der Waals surface area contributed by atoms with Crippen LogP contribution in [0.4, 0.5) is 5.95 Å². The number of hydrogen-bond acceptors (Lipinski definition) is 8. The van der Waals surface area contributed by atoms with Crippen LogP contribution >= 0.6 is 11.6 Å². The van der Waals surface area contributed by atoms with Crippen molar-refractivity contribution >= 4 is 28.6 Å². The minimum Gasteiger partial charge on any atom is -0.388 e. The van der Waals surface area contributed by atoms with Gasteiger partial charge in [-0.15, -0.1) is 0 Å². The molecule has 1 aliphatic carbocycles. The van der Waals surface area contributed by atoms with Gasteiger partial charge < -0.3 is 14.6 Å². The number of aliphatic hydroxyl groups is 1. The van der Waals surface area contributed by atoms with E-state index in [1.165, 1.54) is 12.8 Å². The molecular formula is C29H36ClN7O3. The molecule has 40 heavy (non-hydrogen) atoms. The molecule has 10 nitrogen and oxygen atoms in total. The van der Waals surface area contributed by atoms with Crippen LogP contribution in [0, 0.1) is 17.8 Å². The minimum absolute atomic E-state index is 0.132. The number of aromatic nitrogens is 6. The summed E-state index contributed by atoms with van der Waals surface area (Å²) in [4.78, 5) is 31.2. The third kappa shape index (κ3) is 5.14. The smallest absolute Gasteiger partial charge is 0.388 e. The van der Waals surface area contributed by atoms with E-state index in [9.17, 15) is 9.90 Å². The van der Waals surface area contributed by atoms with E-state index in [1.807, 2.05) is 19.1 Å². The van der Waals surface area contributed by atoms with Gasteiger partial charge in [-0.3, -0.25) is 14.5 Å². The number of aromatic amines is 1. The highest BCUT2D eigenvalue weighted by Crippen LogP contribution is 2.41. The minimum atomic E-state index is -0.818. The number of anilines is 1. The second-order valence-electron chi connectivity index (χ2n) is 12.3. The van der Waals surface area contributed by atoms with E-state index in [4.69, 9.17) is 26.1 Å². The molecule has 212 valence electrons. The molecule has 6 rings (SSSR count). The lowest BCUT2D eigenvalue weighted by molar-refractivity contribution is 0.0784. The average molecular weight is 566 g/mol. The Bertz CT molecular complexity index is 1580. The molecule has 0 bridgehead atoms. The molecule has 11 heteroatoms. The lowest BCUT2D eigenvalue weighted by Crippen LogP contribution is -2.37. The number of halogens is 1. The average Bonchev–Trinajstić information content (AvgIpc) is 3.59. The van der Waals surface area contributed by atoms with Crippen molar-refractivity contribution in [2.75, 3.05) is 11.4 Å². The zero-order valence-electron chi connectivity index (χ0n) is 23.4. The zero-order valence-corrected chi connectivity index (χ0v) is 24.1. The van der Waals surface area contributed by atoms with Crippen LogP contribution in [-0.2, 0) is 6.54 Å². The monoisotopic (exact) mass is 565 g/mol. The Labute approximate surface area is 237 Å². The summed E-state index contributed by atoms with van der Waals surface area (Å²) in [6.07, 6.45) is 8.74. The number of nitrogens with one attached hydrogen (secondary N) is 1. The first-order valence-electron chi connectivity index (χ1n) is 14.2. The van der Waals surface area contributed by atoms with Crippen molar-refractivity contribution < 1.29 is 9.63 Å². The standard InChI is InChI=1S/C29H36ClN7O3/c1-16(2)23-11-29(4,39)15-37(23)27-33-21-10-22(26-34-28(38)40-35-26)32-24(19-9-20(30)13-31-12-19)25(21)36(27)14-18-7-5-17(3)6-8-18/h9-10,12-13,16-18,23,39H,5-8,11,14-15H2,1-4H3,(H,34,35,38)/t17?,18?,23-,29-/m0/s1. The summed E-state index contributed by atoms with van der Waals surface area (Å²) >= 11 is 6.39. The van der Waals surface area contributed by atoms with E-state index in [-0.39, 0.29) is 11.9 Å². The molecule has 1 aliphatic heterocycles. The van der Waals surface area contributed by atoms with Crippen LogP contribution < -0.4 is 10.7 Å². The summed E-state index contributed by atoms with van der Waals surface area (Å²) in [5.41, 5.74) is 2.61. The molecule has 0 spiro atoms. The Morgan fingerprint density at radius 3 is 2.65 bits per heavy atom. The third-order valence-corrected chi connectivity index (χ3v) is 8.74. The van der Waals surface area contributed by atoms with Gasteiger partial charge in [-0.1, -0.05) is 50.4 Å². The normalized spacial score (nSPS) is 25.4. The fraction of sp³-hybridized carbons (Fsp3) is 0.552. The zero-order chi connectivity index (χ0) is 28.2. The molecule has 1 saturated heterocycles. The van der Waals surface area contributed by atoms with Crippen LogP contribution in [-0.4, -0.2) is 53.0 Å². The fourth-order valence-electron chi connectivity index (χ4n) is 6.43. The highest BCUT2D eigenvalue weighted by molar-refractivity contribution is 6.30. The van der Waals surface area contributed by atoms with Gasteiger partial charge in [0.05, 0.1) is 27.4 Å². The quantitative estimate of drug-likeness (QED) is 0.322. The van der Waals surface area contributed by atoms with Gasteiger partial charge in [0.25, 0.3) is 0 Å². The molecule has 4 aromatic heterocycles. The van der Waals surface area contributed by atoms with E-state index >= 15 is 0 Å². The summed E-state index contributed by atoms with van der Waals surface area (Å²) < 4.78 is 7.08. The van der Waals surface area contributed by atoms with E-state index in [2.05, 4.69) is 45.4 Å². The van der Waals surface area contributed by atoms with E-state index in [0.29, 0.717) is 41.2 Å². The van der Waals surface area contributed by atoms with Gasteiger partial charge in [-0.25, -0.2) is 14.8 Å². The first kappa shape index (κ1) is 27.0. The molecular weight excluding hydrogens is 530 g/mol. The van der Waals surface area contributed by atoms with Crippen LogP contribution in [0.3, 0.4) is 0 Å². The number of nitrogens with zero attached hydrogens (tertiary/aromatic N) is 6. The highest BCUT2D eigenvalue weighted by atomic mass is 35.5. The van der Waals surface area contributed by atoms with Crippen LogP contribution in [0.5, 0.6) is 0 Å². The van der Waals surface area contributed by atoms with Gasteiger partial charge >= 0.3 is 5.76 Å². The number of rotatable bonds is 6. The van der Waals surface area contributed by atoms with Gasteiger partial charge in [0, 0.05) is 37.1 Å². The molecule has 1 saturated carbocycles. The Morgan fingerprint density at radius 2 is 1.98 bits per heavy atom. The Morgan fingerprint density at radius 1 is 1.20 bits per heavy atom. The van der Waals surface area contributed by atoms with Crippen LogP contribution in [0.25, 0.3) is 33.8 Å². The van der Waals surface area contributed by atoms with E-state index in [1.54, 1.807) is 12.4 Å². The van der Waals surface area contributed by atoms with Crippen LogP contribution in [0.2, 0.25) is 5.02 Å². The van der Waals surface area contributed by atoms with Crippen molar-refractivity contribution in [3.63, 3.8) is 0 Å². The third-order valence-electron chi connectivity index (χ3n) is 8.53. The lowest BCUT2D eigenvalue weighted by atomic mass is 9.83. The maximum atomic E-state index is 11.8. The number of imidazole rings is 1. The number of H-pyrrole nitrogens is 1. The second-order valence-corrected chi connectivity index (χ2v) is 12.8. The second kappa shape index (κ2) is 10.3. The predicted octanol–water partition coefficient (Wildman–Crippen LogP) is 5.30. The van der Waals surface area contributed by atoms with E-state index in [0.717, 1.165) is 47.8 Å². The Kier molecular flexibility index (Phi) is 6.94. The molecule has 0 radical (unpaired) electrons. The molecule has 2 atom stereocenters. The van der Waals surface area contributed by atoms with Gasteiger partial charge in [0.15, 0.2) is 0 Å². The maximum Gasteiger partial charge on any atom is 0.439 e. The molecule has 0 unspecified atom stereocenters. The highest BCUT2D eigenvalue weighted by Gasteiger charge is 2.43. The molecule has 2 fully saturated rings. The largest absolute Gasteiger partial charge is 0.439 e. The summed E-state index contributed by atoms with van der Waals surface area (Å²) in [7, 11) is 0. The molecule has 5 heterocycles. The summed E-state index contributed by atoms with van der Waals surface area (Å²) in [6.45, 7) is 9.91. The number of pyridine rings is 2. The van der Waals surface area contributed by atoms with Crippen molar-refractivity contribution in [3.8, 4) is 22.8 Å². The number of β-amino-alcohol motifs (C(OH)–C–C–N with tert-alkyl or cyclic N) is 1. The topological polar surface area (TPSA) is 126 Å². The molecule has 4 aromatic rings. The molecule has 2 N–H and O–H groups in total. The van der Waals surface area contributed by atoms with Crippen molar-refractivity contribution in [1.29, 1.82) is 0 Å². The van der Waals surface area contributed by atoms with Gasteiger partial charge in [-0.2, -0.15) is 0 Å². The number of fused-ring (bicyclic) bond motifs is 1. The first-order valence-corrected chi connectivity index (χ1v) is 14.5.